The number of carbonyl (C=O) groups is 3. The average molecular weight is 340 g/mol. The number of benzene rings is 1. The first-order valence-corrected chi connectivity index (χ1v) is 7.89. The molecule has 1 aromatic rings. The highest BCUT2D eigenvalue weighted by molar-refractivity contribution is 8.00. The molecule has 8 heteroatoms. The highest BCUT2D eigenvalue weighted by Gasteiger charge is 2.29. The van der Waals surface area contributed by atoms with Crippen LogP contribution >= 0.6 is 11.8 Å². The van der Waals surface area contributed by atoms with Crippen molar-refractivity contribution in [2.75, 3.05) is 12.4 Å². The standard InChI is InChI=1S/C15H16O7S/c1-9(16)20-12-6-4-3-5-11(12)15(18)19-7-14-22-13(8-23-14)21-10(2)17/h3-6,13-14H,7-8H2,1-2H3. The molecule has 2 atom stereocenters. The zero-order valence-electron chi connectivity index (χ0n) is 12.6. The summed E-state index contributed by atoms with van der Waals surface area (Å²) < 4.78 is 20.5. The molecule has 0 aliphatic carbocycles. The van der Waals surface area contributed by atoms with Crippen LogP contribution in [0.4, 0.5) is 0 Å². The fourth-order valence-electron chi connectivity index (χ4n) is 1.87. The molecule has 0 N–H and O–H groups in total. The number of para-hydroxylation sites is 1. The molecule has 1 heterocycles. The van der Waals surface area contributed by atoms with Crippen LogP contribution in [0.25, 0.3) is 0 Å². The molecule has 0 saturated carbocycles. The summed E-state index contributed by atoms with van der Waals surface area (Å²) in [5.41, 5.74) is -0.258. The quantitative estimate of drug-likeness (QED) is 0.592. The first-order chi connectivity index (χ1) is 11.0. The van der Waals surface area contributed by atoms with Gasteiger partial charge in [-0.05, 0) is 12.1 Å². The van der Waals surface area contributed by atoms with Gasteiger partial charge in [0.2, 0.25) is 6.29 Å². The number of esters is 3. The summed E-state index contributed by atoms with van der Waals surface area (Å²) in [5.74, 6) is -0.955. The molecule has 0 aromatic heterocycles. The molecule has 0 amide bonds. The second kappa shape index (κ2) is 7.98. The Kier molecular flexibility index (Phi) is 6.00. The van der Waals surface area contributed by atoms with Gasteiger partial charge in [0, 0.05) is 13.8 Å². The van der Waals surface area contributed by atoms with Crippen LogP contribution in [0.1, 0.15) is 24.2 Å². The molecular formula is C15H16O7S. The summed E-state index contributed by atoms with van der Waals surface area (Å²) in [6.45, 7) is 2.54. The number of rotatable bonds is 5. The molecule has 0 radical (unpaired) electrons. The average Bonchev–Trinajstić information content (AvgIpc) is 2.91. The third-order valence-corrected chi connectivity index (χ3v) is 3.81. The molecule has 1 aliphatic heterocycles. The van der Waals surface area contributed by atoms with Gasteiger partial charge in [-0.15, -0.1) is 11.8 Å². The van der Waals surface area contributed by atoms with Crippen LogP contribution in [0, 0.1) is 0 Å². The van der Waals surface area contributed by atoms with E-state index in [1.54, 1.807) is 12.1 Å². The largest absolute Gasteiger partial charge is 0.458 e. The molecule has 23 heavy (non-hydrogen) atoms. The van der Waals surface area contributed by atoms with Crippen LogP contribution in [-0.2, 0) is 23.8 Å². The third kappa shape index (κ3) is 5.26. The maximum Gasteiger partial charge on any atom is 0.342 e. The van der Waals surface area contributed by atoms with Gasteiger partial charge in [-0.25, -0.2) is 4.79 Å². The van der Waals surface area contributed by atoms with Crippen LogP contribution in [0.5, 0.6) is 5.75 Å². The van der Waals surface area contributed by atoms with E-state index in [4.69, 9.17) is 18.9 Å². The predicted octanol–water partition coefficient (Wildman–Crippen LogP) is 1.75. The smallest absolute Gasteiger partial charge is 0.342 e. The van der Waals surface area contributed by atoms with Crippen molar-refractivity contribution in [2.24, 2.45) is 0 Å². The molecule has 2 rings (SSSR count). The maximum absolute atomic E-state index is 12.1. The van der Waals surface area contributed by atoms with Gasteiger partial charge in [-0.1, -0.05) is 12.1 Å². The zero-order valence-corrected chi connectivity index (χ0v) is 13.5. The Morgan fingerprint density at radius 3 is 2.65 bits per heavy atom. The van der Waals surface area contributed by atoms with Crippen molar-refractivity contribution in [3.8, 4) is 5.75 Å². The summed E-state index contributed by atoms with van der Waals surface area (Å²) >= 11 is 1.38. The van der Waals surface area contributed by atoms with Crippen LogP contribution in [0.3, 0.4) is 0 Å². The van der Waals surface area contributed by atoms with E-state index in [0.717, 1.165) is 0 Å². The molecular weight excluding hydrogens is 324 g/mol. The molecule has 1 saturated heterocycles. The minimum absolute atomic E-state index is 0.00430. The molecule has 1 aromatic carbocycles. The third-order valence-electron chi connectivity index (χ3n) is 2.73. The van der Waals surface area contributed by atoms with Gasteiger partial charge in [0.15, 0.2) is 0 Å². The fraction of sp³-hybridized carbons (Fsp3) is 0.400. The van der Waals surface area contributed by atoms with E-state index in [1.165, 1.54) is 37.7 Å². The van der Waals surface area contributed by atoms with Crippen molar-refractivity contribution >= 4 is 29.7 Å². The van der Waals surface area contributed by atoms with E-state index in [-0.39, 0.29) is 17.9 Å². The summed E-state index contributed by atoms with van der Waals surface area (Å²) in [7, 11) is 0. The van der Waals surface area contributed by atoms with Gasteiger partial charge in [0.05, 0.1) is 5.75 Å². The van der Waals surface area contributed by atoms with Crippen molar-refractivity contribution in [2.45, 2.75) is 25.6 Å². The van der Waals surface area contributed by atoms with Crippen LogP contribution in [-0.4, -0.2) is 42.0 Å². The lowest BCUT2D eigenvalue weighted by Crippen LogP contribution is -2.22. The van der Waals surface area contributed by atoms with Gasteiger partial charge in [-0.3, -0.25) is 9.59 Å². The van der Waals surface area contributed by atoms with Crippen molar-refractivity contribution in [1.82, 2.24) is 0 Å². The molecule has 124 valence electrons. The topological polar surface area (TPSA) is 88.1 Å². The Hall–Kier alpha value is -2.06. The molecule has 1 fully saturated rings. The van der Waals surface area contributed by atoms with E-state index < -0.39 is 29.6 Å². The highest BCUT2D eigenvalue weighted by Crippen LogP contribution is 2.27. The summed E-state index contributed by atoms with van der Waals surface area (Å²) in [5, 5.41) is 0. The Bertz CT molecular complexity index is 601. The lowest BCUT2D eigenvalue weighted by Gasteiger charge is -2.13. The normalized spacial score (nSPS) is 19.9. The van der Waals surface area contributed by atoms with Crippen molar-refractivity contribution in [1.29, 1.82) is 0 Å². The van der Waals surface area contributed by atoms with E-state index in [2.05, 4.69) is 0 Å². The number of ether oxygens (including phenoxy) is 4. The number of hydrogen-bond donors (Lipinski definition) is 0. The lowest BCUT2D eigenvalue weighted by atomic mass is 10.2. The number of thioether (sulfide) groups is 1. The van der Waals surface area contributed by atoms with Gasteiger partial charge >= 0.3 is 17.9 Å². The van der Waals surface area contributed by atoms with Crippen LogP contribution in [0.15, 0.2) is 24.3 Å². The molecule has 2 unspecified atom stereocenters. The molecule has 1 aliphatic rings. The summed E-state index contributed by atoms with van der Waals surface area (Å²) in [6, 6.07) is 6.30. The lowest BCUT2D eigenvalue weighted by molar-refractivity contribution is -0.172. The van der Waals surface area contributed by atoms with Crippen molar-refractivity contribution in [3.05, 3.63) is 29.8 Å². The van der Waals surface area contributed by atoms with Gasteiger partial charge < -0.3 is 18.9 Å². The first-order valence-electron chi connectivity index (χ1n) is 6.84. The molecule has 0 bridgehead atoms. The second-order valence-corrected chi connectivity index (χ2v) is 5.82. The van der Waals surface area contributed by atoms with Crippen LogP contribution in [0.2, 0.25) is 0 Å². The van der Waals surface area contributed by atoms with E-state index in [1.807, 2.05) is 0 Å². The monoisotopic (exact) mass is 340 g/mol. The Morgan fingerprint density at radius 2 is 1.96 bits per heavy atom. The number of carbonyl (C=O) groups excluding carboxylic acids is 3. The Morgan fingerprint density at radius 1 is 1.22 bits per heavy atom. The SMILES string of the molecule is CC(=O)Oc1ccccc1C(=O)OCC1OC(OC(C)=O)CS1. The fourth-order valence-corrected chi connectivity index (χ4v) is 2.75. The zero-order chi connectivity index (χ0) is 16.8. The van der Waals surface area contributed by atoms with E-state index in [9.17, 15) is 14.4 Å². The first kappa shape index (κ1) is 17.3. The van der Waals surface area contributed by atoms with Gasteiger partial charge in [0.25, 0.3) is 0 Å². The van der Waals surface area contributed by atoms with Gasteiger partial charge in [-0.2, -0.15) is 0 Å². The second-order valence-electron chi connectivity index (χ2n) is 4.63. The maximum atomic E-state index is 12.1. The van der Waals surface area contributed by atoms with Crippen molar-refractivity contribution in [3.63, 3.8) is 0 Å². The minimum atomic E-state index is -0.630. The molecule has 7 nitrogen and oxygen atoms in total. The van der Waals surface area contributed by atoms with E-state index >= 15 is 0 Å². The Balaban J connectivity index is 1.88. The predicted molar refractivity (Wildman–Crippen MR) is 80.9 cm³/mol. The highest BCUT2D eigenvalue weighted by atomic mass is 32.2. The van der Waals surface area contributed by atoms with E-state index in [0.29, 0.717) is 5.75 Å². The van der Waals surface area contributed by atoms with Crippen molar-refractivity contribution < 1.29 is 33.3 Å². The van der Waals surface area contributed by atoms with Crippen LogP contribution < -0.4 is 4.74 Å². The van der Waals surface area contributed by atoms with Gasteiger partial charge in [0.1, 0.15) is 23.4 Å². The molecule has 0 spiro atoms. The Labute approximate surface area is 137 Å². The minimum Gasteiger partial charge on any atom is -0.458 e. The number of hydrogen-bond acceptors (Lipinski definition) is 8. The summed E-state index contributed by atoms with van der Waals surface area (Å²) in [6.07, 6.45) is -0.630. The summed E-state index contributed by atoms with van der Waals surface area (Å²) in [4.78, 5) is 34.0.